The van der Waals surface area contributed by atoms with Crippen molar-refractivity contribution >= 4 is 29.3 Å². The van der Waals surface area contributed by atoms with Crippen LogP contribution in [-0.2, 0) is 14.3 Å². The van der Waals surface area contributed by atoms with Gasteiger partial charge in [0, 0.05) is 21.9 Å². The number of ether oxygens (including phenoxy) is 1. The summed E-state index contributed by atoms with van der Waals surface area (Å²) in [5.41, 5.74) is 2.62. The molecule has 3 rings (SSSR count). The SMILES string of the molecule is O=C(COC(=O)CCSc1ccccc1)Nc1ccccc1-c1ccccc1. The maximum atomic E-state index is 12.2. The van der Waals surface area contributed by atoms with Gasteiger partial charge in [0.05, 0.1) is 6.42 Å². The lowest BCUT2D eigenvalue weighted by Gasteiger charge is -2.11. The molecule has 0 atom stereocenters. The molecule has 0 bridgehead atoms. The van der Waals surface area contributed by atoms with E-state index in [0.717, 1.165) is 16.0 Å². The Morgan fingerprint density at radius 2 is 1.46 bits per heavy atom. The molecule has 0 spiro atoms. The molecule has 0 radical (unpaired) electrons. The first-order chi connectivity index (χ1) is 13.7. The summed E-state index contributed by atoms with van der Waals surface area (Å²) in [6.07, 6.45) is 0.257. The number of benzene rings is 3. The third kappa shape index (κ3) is 5.99. The lowest BCUT2D eigenvalue weighted by Crippen LogP contribution is -2.21. The fourth-order valence-electron chi connectivity index (χ4n) is 2.63. The maximum absolute atomic E-state index is 12.2. The van der Waals surface area contributed by atoms with Crippen LogP contribution in [0, 0.1) is 0 Å². The predicted octanol–water partition coefficient (Wildman–Crippen LogP) is 5.02. The van der Waals surface area contributed by atoms with Crippen LogP contribution in [0.1, 0.15) is 6.42 Å². The summed E-state index contributed by atoms with van der Waals surface area (Å²) in [6, 6.07) is 27.2. The molecule has 0 aliphatic heterocycles. The van der Waals surface area contributed by atoms with Crippen LogP contribution in [0.4, 0.5) is 5.69 Å². The molecule has 4 nitrogen and oxygen atoms in total. The number of rotatable bonds is 8. The van der Waals surface area contributed by atoms with E-state index in [0.29, 0.717) is 11.4 Å². The Labute approximate surface area is 168 Å². The van der Waals surface area contributed by atoms with Gasteiger partial charge in [-0.2, -0.15) is 0 Å². The van der Waals surface area contributed by atoms with Crippen molar-refractivity contribution in [3.63, 3.8) is 0 Å². The van der Waals surface area contributed by atoms with Crippen molar-refractivity contribution in [3.05, 3.63) is 84.9 Å². The lowest BCUT2D eigenvalue weighted by molar-refractivity contribution is -0.146. The number of hydrogen-bond acceptors (Lipinski definition) is 4. The standard InChI is InChI=1S/C23H21NO3S/c25-22(17-27-23(26)15-16-28-19-11-5-2-6-12-19)24-21-14-8-7-13-20(21)18-9-3-1-4-10-18/h1-14H,15-17H2,(H,24,25). The number of nitrogens with one attached hydrogen (secondary N) is 1. The minimum atomic E-state index is -0.380. The highest BCUT2D eigenvalue weighted by Gasteiger charge is 2.11. The van der Waals surface area contributed by atoms with Gasteiger partial charge in [-0.25, -0.2) is 0 Å². The first-order valence-corrected chi connectivity index (χ1v) is 9.99. The molecule has 3 aromatic carbocycles. The zero-order valence-corrected chi connectivity index (χ0v) is 16.2. The molecule has 0 aliphatic rings. The molecule has 142 valence electrons. The van der Waals surface area contributed by atoms with E-state index < -0.39 is 0 Å². The van der Waals surface area contributed by atoms with E-state index in [1.807, 2.05) is 84.9 Å². The molecule has 1 amide bonds. The molecule has 5 heteroatoms. The Balaban J connectivity index is 1.46. The van der Waals surface area contributed by atoms with Crippen molar-refractivity contribution < 1.29 is 14.3 Å². The van der Waals surface area contributed by atoms with Crippen molar-refractivity contribution in [3.8, 4) is 11.1 Å². The van der Waals surface area contributed by atoms with Crippen LogP contribution in [0.15, 0.2) is 89.8 Å². The summed E-state index contributed by atoms with van der Waals surface area (Å²) < 4.78 is 5.10. The minimum absolute atomic E-state index is 0.257. The van der Waals surface area contributed by atoms with Gasteiger partial charge in [-0.15, -0.1) is 11.8 Å². The monoisotopic (exact) mass is 391 g/mol. The zero-order valence-electron chi connectivity index (χ0n) is 15.3. The van der Waals surface area contributed by atoms with Crippen molar-refractivity contribution in [2.45, 2.75) is 11.3 Å². The Hall–Kier alpha value is -3.05. The van der Waals surface area contributed by atoms with Crippen LogP contribution < -0.4 is 5.32 Å². The van der Waals surface area contributed by atoms with Crippen molar-refractivity contribution in [2.75, 3.05) is 17.7 Å². The number of anilines is 1. The summed E-state index contributed by atoms with van der Waals surface area (Å²) in [6.45, 7) is -0.294. The van der Waals surface area contributed by atoms with Crippen molar-refractivity contribution in [1.29, 1.82) is 0 Å². The second-order valence-corrected chi connectivity index (χ2v) is 7.20. The zero-order chi connectivity index (χ0) is 19.6. The van der Waals surface area contributed by atoms with Crippen LogP contribution in [0.25, 0.3) is 11.1 Å². The van der Waals surface area contributed by atoms with Crippen LogP contribution in [0.3, 0.4) is 0 Å². The Bertz CT molecular complexity index is 913. The number of para-hydroxylation sites is 1. The minimum Gasteiger partial charge on any atom is -0.456 e. The smallest absolute Gasteiger partial charge is 0.307 e. The van der Waals surface area contributed by atoms with Gasteiger partial charge in [0.2, 0.25) is 0 Å². The number of carbonyl (C=O) groups excluding carboxylic acids is 2. The molecule has 28 heavy (non-hydrogen) atoms. The molecule has 0 saturated heterocycles. The van der Waals surface area contributed by atoms with E-state index in [1.165, 1.54) is 0 Å². The number of esters is 1. The maximum Gasteiger partial charge on any atom is 0.307 e. The molecule has 1 N–H and O–H groups in total. The summed E-state index contributed by atoms with van der Waals surface area (Å²) in [4.78, 5) is 25.2. The van der Waals surface area contributed by atoms with Gasteiger partial charge in [-0.3, -0.25) is 9.59 Å². The summed E-state index contributed by atoms with van der Waals surface area (Å²) in [7, 11) is 0. The third-order valence-corrected chi connectivity index (χ3v) is 4.98. The Kier molecular flexibility index (Phi) is 7.27. The number of carbonyl (C=O) groups is 2. The molecule has 0 heterocycles. The highest BCUT2D eigenvalue weighted by molar-refractivity contribution is 7.99. The average molecular weight is 391 g/mol. The fourth-order valence-corrected chi connectivity index (χ4v) is 3.49. The van der Waals surface area contributed by atoms with E-state index in [9.17, 15) is 9.59 Å². The van der Waals surface area contributed by atoms with Gasteiger partial charge in [-0.1, -0.05) is 66.7 Å². The van der Waals surface area contributed by atoms with Crippen LogP contribution in [-0.4, -0.2) is 24.2 Å². The fraction of sp³-hybridized carbons (Fsp3) is 0.130. The molecule has 0 saturated carbocycles. The molecule has 0 fully saturated rings. The molecule has 0 aliphatic carbocycles. The summed E-state index contributed by atoms with van der Waals surface area (Å²) >= 11 is 1.58. The number of thioether (sulfide) groups is 1. The van der Waals surface area contributed by atoms with E-state index in [2.05, 4.69) is 5.32 Å². The Morgan fingerprint density at radius 1 is 0.821 bits per heavy atom. The van der Waals surface area contributed by atoms with Crippen LogP contribution in [0.2, 0.25) is 0 Å². The summed E-state index contributed by atoms with van der Waals surface area (Å²) in [5, 5.41) is 2.82. The van der Waals surface area contributed by atoms with Gasteiger partial charge in [0.25, 0.3) is 5.91 Å². The topological polar surface area (TPSA) is 55.4 Å². The van der Waals surface area contributed by atoms with Gasteiger partial charge in [-0.05, 0) is 23.8 Å². The van der Waals surface area contributed by atoms with Crippen LogP contribution >= 0.6 is 11.8 Å². The quantitative estimate of drug-likeness (QED) is 0.433. The van der Waals surface area contributed by atoms with Gasteiger partial charge < -0.3 is 10.1 Å². The molecule has 0 unspecified atom stereocenters. The van der Waals surface area contributed by atoms with E-state index in [-0.39, 0.29) is 24.9 Å². The lowest BCUT2D eigenvalue weighted by atomic mass is 10.0. The largest absolute Gasteiger partial charge is 0.456 e. The van der Waals surface area contributed by atoms with Gasteiger partial charge in [0.1, 0.15) is 0 Å². The molecular formula is C23H21NO3S. The van der Waals surface area contributed by atoms with Gasteiger partial charge in [0.15, 0.2) is 6.61 Å². The number of amides is 1. The van der Waals surface area contributed by atoms with E-state index >= 15 is 0 Å². The second-order valence-electron chi connectivity index (χ2n) is 6.03. The van der Waals surface area contributed by atoms with E-state index in [4.69, 9.17) is 4.74 Å². The molecule has 3 aromatic rings. The molecule has 0 aromatic heterocycles. The van der Waals surface area contributed by atoms with Crippen molar-refractivity contribution in [2.24, 2.45) is 0 Å². The number of hydrogen-bond donors (Lipinski definition) is 1. The van der Waals surface area contributed by atoms with Crippen molar-refractivity contribution in [1.82, 2.24) is 0 Å². The summed E-state index contributed by atoms with van der Waals surface area (Å²) in [5.74, 6) is -0.122. The highest BCUT2D eigenvalue weighted by Crippen LogP contribution is 2.27. The average Bonchev–Trinajstić information content (AvgIpc) is 2.74. The first kappa shape index (κ1) is 19.7. The second kappa shape index (κ2) is 10.3. The first-order valence-electron chi connectivity index (χ1n) is 9.00. The predicted molar refractivity (Wildman–Crippen MR) is 113 cm³/mol. The van der Waals surface area contributed by atoms with E-state index in [1.54, 1.807) is 11.8 Å². The van der Waals surface area contributed by atoms with Gasteiger partial charge >= 0.3 is 5.97 Å². The third-order valence-electron chi connectivity index (χ3n) is 3.97. The van der Waals surface area contributed by atoms with Crippen LogP contribution in [0.5, 0.6) is 0 Å². The Morgan fingerprint density at radius 3 is 2.21 bits per heavy atom. The molecular weight excluding hydrogens is 370 g/mol. The normalized spacial score (nSPS) is 10.3. The highest BCUT2D eigenvalue weighted by atomic mass is 32.2.